The predicted molar refractivity (Wildman–Crippen MR) is 75.0 cm³/mol. The van der Waals surface area contributed by atoms with Gasteiger partial charge < -0.3 is 14.2 Å². The van der Waals surface area contributed by atoms with Crippen molar-refractivity contribution in [2.75, 3.05) is 20.3 Å². The van der Waals surface area contributed by atoms with Gasteiger partial charge in [0.2, 0.25) is 0 Å². The van der Waals surface area contributed by atoms with Crippen LogP contribution < -0.4 is 14.2 Å². The zero-order valence-electron chi connectivity index (χ0n) is 11.3. The highest BCUT2D eigenvalue weighted by atomic mass is 19.1. The van der Waals surface area contributed by atoms with Crippen LogP contribution in [0.3, 0.4) is 0 Å². The van der Waals surface area contributed by atoms with Gasteiger partial charge in [-0.2, -0.15) is 0 Å². The molecular weight excluding hydrogens is 259 g/mol. The fourth-order valence-electron chi connectivity index (χ4n) is 1.67. The third-order valence-corrected chi connectivity index (χ3v) is 2.68. The van der Waals surface area contributed by atoms with E-state index in [-0.39, 0.29) is 5.82 Å². The molecule has 0 heterocycles. The van der Waals surface area contributed by atoms with E-state index in [0.29, 0.717) is 19.0 Å². The van der Waals surface area contributed by atoms with Crippen LogP contribution in [-0.4, -0.2) is 20.3 Å². The smallest absolute Gasteiger partial charge is 0.126 e. The van der Waals surface area contributed by atoms with Crippen molar-refractivity contribution in [3.8, 4) is 17.2 Å². The van der Waals surface area contributed by atoms with Crippen LogP contribution in [0.4, 0.5) is 4.39 Å². The van der Waals surface area contributed by atoms with Crippen molar-refractivity contribution in [1.82, 2.24) is 0 Å². The first kappa shape index (κ1) is 14.2. The summed E-state index contributed by atoms with van der Waals surface area (Å²) in [5.74, 6) is 1.83. The minimum atomic E-state index is -0.294. The summed E-state index contributed by atoms with van der Waals surface area (Å²) in [4.78, 5) is 0. The van der Waals surface area contributed by atoms with Crippen molar-refractivity contribution in [1.29, 1.82) is 0 Å². The Balaban J connectivity index is 1.66. The first-order chi connectivity index (χ1) is 9.78. The van der Waals surface area contributed by atoms with Crippen molar-refractivity contribution < 1.29 is 18.6 Å². The second-order valence-electron chi connectivity index (χ2n) is 4.18. The third kappa shape index (κ3) is 4.46. The summed E-state index contributed by atoms with van der Waals surface area (Å²) in [6, 6.07) is 13.5. The Kier molecular flexibility index (Phi) is 5.24. The molecule has 0 atom stereocenters. The van der Waals surface area contributed by atoms with Crippen LogP contribution in [0.1, 0.15) is 6.42 Å². The van der Waals surface area contributed by atoms with Crippen LogP contribution in [0, 0.1) is 5.82 Å². The summed E-state index contributed by atoms with van der Waals surface area (Å²) >= 11 is 0. The van der Waals surface area contributed by atoms with E-state index in [9.17, 15) is 4.39 Å². The summed E-state index contributed by atoms with van der Waals surface area (Å²) in [5, 5.41) is 0. The second-order valence-corrected chi connectivity index (χ2v) is 4.18. The number of ether oxygens (including phenoxy) is 3. The summed E-state index contributed by atoms with van der Waals surface area (Å²) in [6.45, 7) is 1.03. The SMILES string of the molecule is COc1ccc(OCCCOc2cccc(F)c2)cc1. The van der Waals surface area contributed by atoms with Crippen LogP contribution >= 0.6 is 0 Å². The van der Waals surface area contributed by atoms with E-state index >= 15 is 0 Å². The lowest BCUT2D eigenvalue weighted by molar-refractivity contribution is 0.247. The molecule has 0 bridgehead atoms. The van der Waals surface area contributed by atoms with Gasteiger partial charge in [0.15, 0.2) is 0 Å². The molecule has 2 aromatic carbocycles. The molecule has 0 fully saturated rings. The molecule has 2 aromatic rings. The number of hydrogen-bond acceptors (Lipinski definition) is 3. The van der Waals surface area contributed by atoms with Gasteiger partial charge in [-0.1, -0.05) is 6.07 Å². The summed E-state index contributed by atoms with van der Waals surface area (Å²) < 4.78 is 29.0. The molecular formula is C16H17FO3. The first-order valence-electron chi connectivity index (χ1n) is 6.43. The average Bonchev–Trinajstić information content (AvgIpc) is 2.48. The van der Waals surface area contributed by atoms with E-state index in [4.69, 9.17) is 14.2 Å². The zero-order valence-corrected chi connectivity index (χ0v) is 11.3. The van der Waals surface area contributed by atoms with E-state index in [1.54, 1.807) is 19.2 Å². The van der Waals surface area contributed by atoms with E-state index in [1.807, 2.05) is 24.3 Å². The quantitative estimate of drug-likeness (QED) is 0.722. The summed E-state index contributed by atoms with van der Waals surface area (Å²) in [5.41, 5.74) is 0. The maximum atomic E-state index is 12.9. The second kappa shape index (κ2) is 7.38. The van der Waals surface area contributed by atoms with Gasteiger partial charge in [-0.15, -0.1) is 0 Å². The van der Waals surface area contributed by atoms with E-state index in [0.717, 1.165) is 17.9 Å². The van der Waals surface area contributed by atoms with E-state index < -0.39 is 0 Å². The van der Waals surface area contributed by atoms with Crippen molar-refractivity contribution in [3.05, 3.63) is 54.3 Å². The molecule has 0 radical (unpaired) electrons. The molecule has 0 unspecified atom stereocenters. The summed E-state index contributed by atoms with van der Waals surface area (Å²) in [6.07, 6.45) is 0.725. The lowest BCUT2D eigenvalue weighted by Crippen LogP contribution is -2.05. The molecule has 3 nitrogen and oxygen atoms in total. The molecule has 0 aromatic heterocycles. The first-order valence-corrected chi connectivity index (χ1v) is 6.43. The minimum absolute atomic E-state index is 0.294. The van der Waals surface area contributed by atoms with Crippen LogP contribution in [0.5, 0.6) is 17.2 Å². The molecule has 4 heteroatoms. The Labute approximate surface area is 117 Å². The molecule has 0 saturated carbocycles. The van der Waals surface area contributed by atoms with Gasteiger partial charge in [0.1, 0.15) is 23.1 Å². The van der Waals surface area contributed by atoms with Gasteiger partial charge in [-0.25, -0.2) is 4.39 Å². The highest BCUT2D eigenvalue weighted by Gasteiger charge is 1.98. The van der Waals surface area contributed by atoms with Crippen molar-refractivity contribution in [3.63, 3.8) is 0 Å². The molecule has 0 spiro atoms. The number of benzene rings is 2. The van der Waals surface area contributed by atoms with E-state index in [1.165, 1.54) is 12.1 Å². The number of rotatable bonds is 7. The maximum Gasteiger partial charge on any atom is 0.126 e. The molecule has 0 saturated heterocycles. The Hall–Kier alpha value is -2.23. The molecule has 0 amide bonds. The van der Waals surface area contributed by atoms with Crippen LogP contribution in [-0.2, 0) is 0 Å². The standard InChI is InChI=1S/C16H17FO3/c1-18-14-6-8-15(9-7-14)19-10-3-11-20-16-5-2-4-13(17)12-16/h2,4-9,12H,3,10-11H2,1H3. The Morgan fingerprint density at radius 3 is 2.15 bits per heavy atom. The lowest BCUT2D eigenvalue weighted by Gasteiger charge is -2.08. The fraction of sp³-hybridized carbons (Fsp3) is 0.250. The third-order valence-electron chi connectivity index (χ3n) is 2.68. The monoisotopic (exact) mass is 276 g/mol. The topological polar surface area (TPSA) is 27.7 Å². The van der Waals surface area contributed by atoms with Gasteiger partial charge in [0.05, 0.1) is 20.3 Å². The average molecular weight is 276 g/mol. The fourth-order valence-corrected chi connectivity index (χ4v) is 1.67. The van der Waals surface area contributed by atoms with Gasteiger partial charge in [0, 0.05) is 12.5 Å². The highest BCUT2D eigenvalue weighted by molar-refractivity contribution is 5.31. The Bertz CT molecular complexity index is 526. The number of methoxy groups -OCH3 is 1. The van der Waals surface area contributed by atoms with Crippen molar-refractivity contribution in [2.24, 2.45) is 0 Å². The summed E-state index contributed by atoms with van der Waals surface area (Å²) in [7, 11) is 1.62. The number of hydrogen-bond donors (Lipinski definition) is 0. The van der Waals surface area contributed by atoms with Gasteiger partial charge >= 0.3 is 0 Å². The van der Waals surface area contributed by atoms with Gasteiger partial charge in [0.25, 0.3) is 0 Å². The van der Waals surface area contributed by atoms with Gasteiger partial charge in [-0.05, 0) is 36.4 Å². The van der Waals surface area contributed by atoms with Gasteiger partial charge in [-0.3, -0.25) is 0 Å². The van der Waals surface area contributed by atoms with Crippen LogP contribution in [0.15, 0.2) is 48.5 Å². The normalized spacial score (nSPS) is 10.1. The number of halogens is 1. The van der Waals surface area contributed by atoms with Crippen molar-refractivity contribution >= 4 is 0 Å². The molecule has 0 N–H and O–H groups in total. The lowest BCUT2D eigenvalue weighted by atomic mass is 10.3. The largest absolute Gasteiger partial charge is 0.497 e. The van der Waals surface area contributed by atoms with E-state index in [2.05, 4.69) is 0 Å². The molecule has 0 aliphatic rings. The van der Waals surface area contributed by atoms with Crippen molar-refractivity contribution in [2.45, 2.75) is 6.42 Å². The highest BCUT2D eigenvalue weighted by Crippen LogP contribution is 2.17. The molecule has 106 valence electrons. The Morgan fingerprint density at radius 2 is 1.50 bits per heavy atom. The maximum absolute atomic E-state index is 12.9. The zero-order chi connectivity index (χ0) is 14.2. The molecule has 2 rings (SSSR count). The molecule has 20 heavy (non-hydrogen) atoms. The molecule has 0 aliphatic heterocycles. The van der Waals surface area contributed by atoms with Crippen LogP contribution in [0.2, 0.25) is 0 Å². The Morgan fingerprint density at radius 1 is 0.850 bits per heavy atom. The minimum Gasteiger partial charge on any atom is -0.497 e. The predicted octanol–water partition coefficient (Wildman–Crippen LogP) is 3.68. The molecule has 0 aliphatic carbocycles. The van der Waals surface area contributed by atoms with Crippen LogP contribution in [0.25, 0.3) is 0 Å².